The Morgan fingerprint density at radius 2 is 1.91 bits per heavy atom. The Morgan fingerprint density at radius 3 is 2.50 bits per heavy atom. The zero-order valence-corrected chi connectivity index (χ0v) is 17.3. The molecule has 2 aromatic heterocycles. The quantitative estimate of drug-likeness (QED) is 0.591. The van der Waals surface area contributed by atoms with Crippen LogP contribution in [0, 0.1) is 11.3 Å². The highest BCUT2D eigenvalue weighted by atomic mass is 35.5. The second kappa shape index (κ2) is 8.72. The van der Waals surface area contributed by atoms with E-state index in [1.807, 2.05) is 0 Å². The van der Waals surface area contributed by atoms with Gasteiger partial charge in [0.25, 0.3) is 11.1 Å². The molecule has 0 aliphatic carbocycles. The van der Waals surface area contributed by atoms with Gasteiger partial charge in [0.15, 0.2) is 5.69 Å². The Morgan fingerprint density at radius 1 is 1.19 bits per heavy atom. The molecule has 0 fully saturated rings. The fourth-order valence-corrected chi connectivity index (χ4v) is 2.85. The maximum Gasteiger partial charge on any atom is 0.437 e. The van der Waals surface area contributed by atoms with Crippen LogP contribution < -0.4 is 20.8 Å². The molecular formula is C19H14ClF3N6O3. The van der Waals surface area contributed by atoms with Gasteiger partial charge in [0.2, 0.25) is 11.7 Å². The number of benzene rings is 1. The van der Waals surface area contributed by atoms with Gasteiger partial charge in [-0.3, -0.25) is 14.6 Å². The molecule has 32 heavy (non-hydrogen) atoms. The number of alkyl halides is 3. The minimum Gasteiger partial charge on any atom is -0.449 e. The van der Waals surface area contributed by atoms with E-state index in [0.29, 0.717) is 0 Å². The first-order chi connectivity index (χ1) is 15.0. The van der Waals surface area contributed by atoms with Gasteiger partial charge in [-0.05, 0) is 18.2 Å². The first-order valence-electron chi connectivity index (χ1n) is 8.82. The maximum absolute atomic E-state index is 13.6. The third-order valence-corrected chi connectivity index (χ3v) is 4.27. The van der Waals surface area contributed by atoms with Crippen molar-refractivity contribution in [2.24, 2.45) is 0 Å². The zero-order valence-electron chi connectivity index (χ0n) is 16.5. The van der Waals surface area contributed by atoms with E-state index in [-0.39, 0.29) is 27.8 Å². The summed E-state index contributed by atoms with van der Waals surface area (Å²) in [5.41, 5.74) is -3.40. The van der Waals surface area contributed by atoms with E-state index in [0.717, 1.165) is 12.1 Å². The molecule has 0 spiro atoms. The lowest BCUT2D eigenvalue weighted by atomic mass is 10.2. The Labute approximate surface area is 183 Å². The number of halogens is 4. The molecule has 0 aliphatic heterocycles. The van der Waals surface area contributed by atoms with E-state index in [4.69, 9.17) is 21.6 Å². The van der Waals surface area contributed by atoms with E-state index in [1.165, 1.54) is 17.2 Å². The number of H-pyrrole nitrogens is 2. The van der Waals surface area contributed by atoms with Crippen molar-refractivity contribution in [3.63, 3.8) is 0 Å². The lowest BCUT2D eigenvalue weighted by Gasteiger charge is -2.14. The van der Waals surface area contributed by atoms with Crippen LogP contribution in [0.5, 0.6) is 11.5 Å². The van der Waals surface area contributed by atoms with E-state index < -0.39 is 41.0 Å². The first-order valence-corrected chi connectivity index (χ1v) is 9.20. The zero-order chi connectivity index (χ0) is 23.6. The molecular weight excluding hydrogens is 453 g/mol. The second-order valence-corrected chi connectivity index (χ2v) is 7.15. The number of anilines is 1. The summed E-state index contributed by atoms with van der Waals surface area (Å²) < 4.78 is 46.0. The molecule has 0 unspecified atom stereocenters. The predicted molar refractivity (Wildman–Crippen MR) is 108 cm³/mol. The third kappa shape index (κ3) is 5.06. The number of aromatic amines is 2. The molecule has 1 aromatic carbocycles. The molecule has 13 heteroatoms. The average Bonchev–Trinajstić information content (AvgIpc) is 2.69. The summed E-state index contributed by atoms with van der Waals surface area (Å²) >= 11 is 5.83. The van der Waals surface area contributed by atoms with Crippen LogP contribution in [-0.2, 0) is 12.6 Å². The smallest absolute Gasteiger partial charge is 0.437 e. The molecule has 2 heterocycles. The first kappa shape index (κ1) is 22.8. The fourth-order valence-electron chi connectivity index (χ4n) is 2.63. The van der Waals surface area contributed by atoms with Gasteiger partial charge in [0.05, 0.1) is 11.6 Å². The number of nitrogens with one attached hydrogen (secondary N) is 2. The minimum absolute atomic E-state index is 0.00551. The Balaban J connectivity index is 2.03. The highest BCUT2D eigenvalue weighted by Gasteiger charge is 2.39. The van der Waals surface area contributed by atoms with Crippen molar-refractivity contribution < 1.29 is 17.9 Å². The van der Waals surface area contributed by atoms with Crippen molar-refractivity contribution in [2.75, 3.05) is 19.0 Å². The molecule has 0 saturated heterocycles. The molecule has 0 amide bonds. The van der Waals surface area contributed by atoms with Gasteiger partial charge in [0, 0.05) is 37.3 Å². The third-order valence-electron chi connectivity index (χ3n) is 4.06. The SMILES string of the molecule is CN(C)c1ncc(Cc2nc(C(F)(F)F)c(Oc3cc(Cl)cc(C#N)c3)c(=O)[nH]2)c(=O)[nH]1. The summed E-state index contributed by atoms with van der Waals surface area (Å²) in [5.74, 6) is -1.54. The number of rotatable bonds is 5. The fraction of sp³-hybridized carbons (Fsp3) is 0.211. The molecule has 0 saturated carbocycles. The molecule has 3 aromatic rings. The van der Waals surface area contributed by atoms with Gasteiger partial charge >= 0.3 is 6.18 Å². The lowest BCUT2D eigenvalue weighted by molar-refractivity contribution is -0.142. The van der Waals surface area contributed by atoms with Crippen LogP contribution in [0.15, 0.2) is 34.0 Å². The molecule has 2 N–H and O–H groups in total. The summed E-state index contributed by atoms with van der Waals surface area (Å²) in [6.45, 7) is 0. The van der Waals surface area contributed by atoms with Crippen molar-refractivity contribution in [3.8, 4) is 17.6 Å². The largest absolute Gasteiger partial charge is 0.449 e. The highest BCUT2D eigenvalue weighted by molar-refractivity contribution is 6.30. The molecule has 9 nitrogen and oxygen atoms in total. The van der Waals surface area contributed by atoms with Crippen LogP contribution in [0.3, 0.4) is 0 Å². The number of hydrogen-bond acceptors (Lipinski definition) is 7. The van der Waals surface area contributed by atoms with Crippen molar-refractivity contribution in [1.82, 2.24) is 19.9 Å². The average molecular weight is 467 g/mol. The van der Waals surface area contributed by atoms with Gasteiger partial charge in [-0.15, -0.1) is 0 Å². The summed E-state index contributed by atoms with van der Waals surface area (Å²) in [6.07, 6.45) is -4.28. The van der Waals surface area contributed by atoms with Crippen LogP contribution in [0.4, 0.5) is 19.1 Å². The Bertz CT molecular complexity index is 1330. The molecule has 0 radical (unpaired) electrons. The second-order valence-electron chi connectivity index (χ2n) is 6.71. The van der Waals surface area contributed by atoms with Crippen LogP contribution in [0.1, 0.15) is 22.6 Å². The number of aromatic nitrogens is 4. The standard InChI is InChI=1S/C19H14ClF3N6O3/c1-29(2)18-25-8-10(16(30)28-18)5-13-26-15(19(21,22)23)14(17(31)27-13)32-12-4-9(7-24)3-11(20)6-12/h3-4,6,8H,5H2,1-2H3,(H,25,28,30)(H,26,27,31). The molecule has 0 bridgehead atoms. The number of nitrogens with zero attached hydrogens (tertiary/aromatic N) is 4. The molecule has 166 valence electrons. The van der Waals surface area contributed by atoms with Gasteiger partial charge < -0.3 is 14.6 Å². The lowest BCUT2D eigenvalue weighted by Crippen LogP contribution is -2.24. The number of nitriles is 1. The molecule has 0 atom stereocenters. The van der Waals surface area contributed by atoms with E-state index in [1.54, 1.807) is 20.2 Å². The number of hydrogen-bond donors (Lipinski definition) is 2. The van der Waals surface area contributed by atoms with Crippen molar-refractivity contribution >= 4 is 17.5 Å². The van der Waals surface area contributed by atoms with E-state index in [9.17, 15) is 22.8 Å². The van der Waals surface area contributed by atoms with Gasteiger partial charge in [0.1, 0.15) is 11.6 Å². The highest BCUT2D eigenvalue weighted by Crippen LogP contribution is 2.35. The summed E-state index contributed by atoms with van der Waals surface area (Å²) in [4.78, 5) is 38.3. The van der Waals surface area contributed by atoms with Gasteiger partial charge in [-0.2, -0.15) is 18.4 Å². The maximum atomic E-state index is 13.6. The van der Waals surface area contributed by atoms with Crippen LogP contribution in [0.25, 0.3) is 0 Å². The topological polar surface area (TPSA) is 128 Å². The molecule has 0 aliphatic rings. The van der Waals surface area contributed by atoms with Crippen LogP contribution in [0.2, 0.25) is 5.02 Å². The van der Waals surface area contributed by atoms with Crippen LogP contribution in [-0.4, -0.2) is 34.0 Å². The van der Waals surface area contributed by atoms with Crippen molar-refractivity contribution in [3.05, 3.63) is 72.8 Å². The van der Waals surface area contributed by atoms with E-state index in [2.05, 4.69) is 19.9 Å². The van der Waals surface area contributed by atoms with Crippen molar-refractivity contribution in [1.29, 1.82) is 5.26 Å². The normalized spacial score (nSPS) is 11.2. The molecule has 3 rings (SSSR count). The summed E-state index contributed by atoms with van der Waals surface area (Å²) in [6, 6.07) is 5.32. The van der Waals surface area contributed by atoms with Gasteiger partial charge in [-0.25, -0.2) is 9.97 Å². The minimum atomic E-state index is -5.05. The monoisotopic (exact) mass is 466 g/mol. The number of ether oxygens (including phenoxy) is 1. The van der Waals surface area contributed by atoms with Crippen LogP contribution >= 0.6 is 11.6 Å². The Hall–Kier alpha value is -3.85. The van der Waals surface area contributed by atoms with E-state index >= 15 is 0 Å². The Kier molecular flexibility index (Phi) is 6.22. The summed E-state index contributed by atoms with van der Waals surface area (Å²) in [7, 11) is 3.29. The van der Waals surface area contributed by atoms with Crippen molar-refractivity contribution in [2.45, 2.75) is 12.6 Å². The predicted octanol–water partition coefficient (Wildman–Crippen LogP) is 2.85. The van der Waals surface area contributed by atoms with Gasteiger partial charge in [-0.1, -0.05) is 11.6 Å². The summed E-state index contributed by atoms with van der Waals surface area (Å²) in [5, 5.41) is 9.01.